The molecule has 2 rings (SSSR count). The highest BCUT2D eigenvalue weighted by atomic mass is 79.9. The molecule has 106 valence electrons. The molecule has 5 nitrogen and oxygen atoms in total. The Labute approximate surface area is 130 Å². The van der Waals surface area contributed by atoms with Gasteiger partial charge in [0.05, 0.1) is 0 Å². The van der Waals surface area contributed by atoms with Crippen LogP contribution < -0.4 is 16.6 Å². The Balaban J connectivity index is 2.34. The molecule has 20 heavy (non-hydrogen) atoms. The highest BCUT2D eigenvalue weighted by Crippen LogP contribution is 2.27. The van der Waals surface area contributed by atoms with Crippen LogP contribution in [0.5, 0.6) is 0 Å². The number of nitrogens with zero attached hydrogens (tertiary/aromatic N) is 2. The topological polar surface area (TPSA) is 75.9 Å². The maximum Gasteiger partial charge on any atom is 0.191 e. The molecule has 0 fully saturated rings. The van der Waals surface area contributed by atoms with E-state index in [4.69, 9.17) is 5.84 Å². The van der Waals surface area contributed by atoms with Gasteiger partial charge >= 0.3 is 0 Å². The summed E-state index contributed by atoms with van der Waals surface area (Å²) in [4.78, 5) is 8.64. The van der Waals surface area contributed by atoms with E-state index in [0.717, 1.165) is 10.2 Å². The van der Waals surface area contributed by atoms with Crippen molar-refractivity contribution in [2.45, 2.75) is 19.0 Å². The summed E-state index contributed by atoms with van der Waals surface area (Å²) in [5, 5.41) is 3.94. The Hall–Kier alpha value is -1.31. The molecule has 1 aromatic carbocycles. The summed E-state index contributed by atoms with van der Waals surface area (Å²) in [7, 11) is 0. The fourth-order valence-electron chi connectivity index (χ4n) is 1.82. The van der Waals surface area contributed by atoms with Gasteiger partial charge in [0.2, 0.25) is 0 Å². The van der Waals surface area contributed by atoms with Crippen molar-refractivity contribution in [1.82, 2.24) is 9.97 Å². The zero-order chi connectivity index (χ0) is 14.7. The number of hydrogen-bond acceptors (Lipinski definition) is 6. The van der Waals surface area contributed by atoms with Crippen LogP contribution in [0.15, 0.2) is 27.8 Å². The number of aromatic nitrogens is 2. The first kappa shape index (κ1) is 15.1. The molecule has 0 amide bonds. The van der Waals surface area contributed by atoms with Gasteiger partial charge in [-0.15, -0.1) is 0 Å². The highest BCUT2D eigenvalue weighted by molar-refractivity contribution is 9.10. The second kappa shape index (κ2) is 6.43. The normalized spacial score (nSPS) is 10.4. The van der Waals surface area contributed by atoms with E-state index in [-0.39, 0.29) is 0 Å². The molecule has 0 saturated heterocycles. The van der Waals surface area contributed by atoms with E-state index in [1.165, 1.54) is 22.9 Å². The predicted molar refractivity (Wildman–Crippen MR) is 88.5 cm³/mol. The molecule has 0 radical (unpaired) electrons. The van der Waals surface area contributed by atoms with E-state index in [1.54, 1.807) is 6.07 Å². The number of rotatable bonds is 4. The van der Waals surface area contributed by atoms with Gasteiger partial charge in [0.25, 0.3) is 0 Å². The number of nitrogens with one attached hydrogen (secondary N) is 2. The van der Waals surface area contributed by atoms with Crippen molar-refractivity contribution in [3.63, 3.8) is 0 Å². The Kier molecular flexibility index (Phi) is 4.85. The smallest absolute Gasteiger partial charge is 0.191 e. The quantitative estimate of drug-likeness (QED) is 0.337. The Bertz CT molecular complexity index is 587. The van der Waals surface area contributed by atoms with Gasteiger partial charge in [0.15, 0.2) is 5.16 Å². The lowest BCUT2D eigenvalue weighted by Crippen LogP contribution is -2.10. The van der Waals surface area contributed by atoms with Crippen LogP contribution >= 0.6 is 27.7 Å². The first-order valence-corrected chi connectivity index (χ1v) is 7.98. The van der Waals surface area contributed by atoms with Gasteiger partial charge < -0.3 is 10.7 Å². The molecule has 0 spiro atoms. The number of hydrazine groups is 1. The number of thioether (sulfide) groups is 1. The molecule has 0 aliphatic carbocycles. The minimum Gasteiger partial charge on any atom is -0.340 e. The zero-order valence-corrected chi connectivity index (χ0v) is 13.9. The van der Waals surface area contributed by atoms with Crippen molar-refractivity contribution in [2.24, 2.45) is 5.84 Å². The average molecular weight is 354 g/mol. The van der Waals surface area contributed by atoms with Crippen LogP contribution in [0.4, 0.5) is 17.3 Å². The third-order valence-electron chi connectivity index (χ3n) is 2.74. The van der Waals surface area contributed by atoms with Crippen LogP contribution in [0.3, 0.4) is 0 Å². The molecule has 0 unspecified atom stereocenters. The number of anilines is 3. The van der Waals surface area contributed by atoms with Crippen molar-refractivity contribution in [2.75, 3.05) is 17.0 Å². The van der Waals surface area contributed by atoms with Crippen LogP contribution in [-0.4, -0.2) is 16.2 Å². The molecule has 0 aliphatic heterocycles. The number of halogens is 1. The molecule has 0 saturated carbocycles. The van der Waals surface area contributed by atoms with Crippen LogP contribution in [0.25, 0.3) is 0 Å². The highest BCUT2D eigenvalue weighted by Gasteiger charge is 2.06. The van der Waals surface area contributed by atoms with Crippen LogP contribution in [0.1, 0.15) is 11.1 Å². The summed E-state index contributed by atoms with van der Waals surface area (Å²) >= 11 is 5.03. The van der Waals surface area contributed by atoms with E-state index >= 15 is 0 Å². The number of benzene rings is 1. The van der Waals surface area contributed by atoms with Gasteiger partial charge in [-0.25, -0.2) is 15.8 Å². The first-order valence-electron chi connectivity index (χ1n) is 5.97. The van der Waals surface area contributed by atoms with E-state index in [0.29, 0.717) is 16.8 Å². The van der Waals surface area contributed by atoms with Crippen molar-refractivity contribution >= 4 is 45.0 Å². The predicted octanol–water partition coefficient (Wildman–Crippen LogP) is 3.61. The maximum atomic E-state index is 5.42. The summed E-state index contributed by atoms with van der Waals surface area (Å²) in [5.41, 5.74) is 5.87. The maximum absolute atomic E-state index is 5.42. The molecular formula is C13H16BrN5S. The number of hydrogen-bond donors (Lipinski definition) is 3. The van der Waals surface area contributed by atoms with Gasteiger partial charge in [-0.05, 0) is 43.4 Å². The van der Waals surface area contributed by atoms with Gasteiger partial charge in [-0.1, -0.05) is 27.7 Å². The third kappa shape index (κ3) is 3.41. The number of nitrogens with two attached hydrogens (primary N) is 1. The summed E-state index contributed by atoms with van der Waals surface area (Å²) < 4.78 is 1.12. The molecule has 0 atom stereocenters. The van der Waals surface area contributed by atoms with Gasteiger partial charge in [0, 0.05) is 16.2 Å². The van der Waals surface area contributed by atoms with Crippen LogP contribution in [-0.2, 0) is 0 Å². The fourth-order valence-corrected chi connectivity index (χ4v) is 2.43. The van der Waals surface area contributed by atoms with Crippen molar-refractivity contribution in [3.8, 4) is 0 Å². The first-order chi connectivity index (χ1) is 9.53. The van der Waals surface area contributed by atoms with Crippen LogP contribution in [0, 0.1) is 13.8 Å². The summed E-state index contributed by atoms with van der Waals surface area (Å²) in [5.74, 6) is 6.71. The lowest BCUT2D eigenvalue weighted by molar-refractivity contribution is 0.971. The monoisotopic (exact) mass is 353 g/mol. The Morgan fingerprint density at radius 1 is 1.10 bits per heavy atom. The summed E-state index contributed by atoms with van der Waals surface area (Å²) in [6.45, 7) is 4.12. The van der Waals surface area contributed by atoms with E-state index in [9.17, 15) is 0 Å². The summed E-state index contributed by atoms with van der Waals surface area (Å²) in [6, 6.07) is 5.90. The van der Waals surface area contributed by atoms with Crippen molar-refractivity contribution in [1.29, 1.82) is 0 Å². The van der Waals surface area contributed by atoms with E-state index < -0.39 is 0 Å². The fraction of sp³-hybridized carbons (Fsp3) is 0.231. The minimum absolute atomic E-state index is 0.581. The van der Waals surface area contributed by atoms with Crippen molar-refractivity contribution < 1.29 is 0 Å². The largest absolute Gasteiger partial charge is 0.340 e. The van der Waals surface area contributed by atoms with Crippen molar-refractivity contribution in [3.05, 3.63) is 33.8 Å². The molecule has 7 heteroatoms. The molecule has 2 aromatic rings. The van der Waals surface area contributed by atoms with Gasteiger partial charge in [-0.2, -0.15) is 0 Å². The molecule has 0 bridgehead atoms. The Morgan fingerprint density at radius 2 is 1.70 bits per heavy atom. The second-order valence-electron chi connectivity index (χ2n) is 4.32. The number of aryl methyl sites for hydroxylation is 2. The van der Waals surface area contributed by atoms with E-state index in [2.05, 4.69) is 62.6 Å². The lowest BCUT2D eigenvalue weighted by Gasteiger charge is -2.11. The van der Waals surface area contributed by atoms with E-state index in [1.807, 2.05) is 6.26 Å². The molecule has 4 N–H and O–H groups in total. The minimum atomic E-state index is 0.581. The molecular weight excluding hydrogens is 338 g/mol. The third-order valence-corrected chi connectivity index (χ3v) is 4.54. The molecule has 1 heterocycles. The lowest BCUT2D eigenvalue weighted by atomic mass is 10.1. The summed E-state index contributed by atoms with van der Waals surface area (Å²) in [6.07, 6.45) is 1.92. The average Bonchev–Trinajstić information content (AvgIpc) is 2.44. The number of nitrogen functional groups attached to an aromatic ring is 1. The molecule has 1 aromatic heterocycles. The standard InChI is InChI=1S/C13H16BrN5S/c1-7-4-9(5-8(2)12(7)14)16-10-6-11(19-15)18-13(17-10)20-3/h4-6H,15H2,1-3H3,(H2,16,17,18,19). The van der Waals surface area contributed by atoms with Gasteiger partial charge in [-0.3, -0.25) is 0 Å². The Morgan fingerprint density at radius 3 is 2.25 bits per heavy atom. The molecule has 0 aliphatic rings. The SMILES string of the molecule is CSc1nc(NN)cc(Nc2cc(C)c(Br)c(C)c2)n1. The van der Waals surface area contributed by atoms with Crippen LogP contribution in [0.2, 0.25) is 0 Å². The second-order valence-corrected chi connectivity index (χ2v) is 5.88. The zero-order valence-electron chi connectivity index (χ0n) is 11.5. The van der Waals surface area contributed by atoms with Gasteiger partial charge in [0.1, 0.15) is 11.6 Å².